The van der Waals surface area contributed by atoms with Gasteiger partial charge in [0, 0.05) is 13.0 Å². The van der Waals surface area contributed by atoms with E-state index in [-0.39, 0.29) is 12.1 Å². The Morgan fingerprint density at radius 1 is 1.32 bits per heavy atom. The predicted molar refractivity (Wildman–Crippen MR) is 81.4 cm³/mol. The van der Waals surface area contributed by atoms with Crippen molar-refractivity contribution in [3.8, 4) is 0 Å². The van der Waals surface area contributed by atoms with Gasteiger partial charge < -0.3 is 19.7 Å². The lowest BCUT2D eigenvalue weighted by atomic mass is 10.0. The van der Waals surface area contributed by atoms with Crippen LogP contribution < -0.4 is 5.32 Å². The second-order valence-electron chi connectivity index (χ2n) is 6.59. The van der Waals surface area contributed by atoms with Gasteiger partial charge in [0.1, 0.15) is 0 Å². The van der Waals surface area contributed by atoms with Crippen molar-refractivity contribution in [1.82, 2.24) is 10.2 Å². The molecule has 0 unspecified atom stereocenters. The van der Waals surface area contributed by atoms with Gasteiger partial charge in [-0.05, 0) is 23.5 Å². The third-order valence-electron chi connectivity index (χ3n) is 5.08. The van der Waals surface area contributed by atoms with E-state index in [4.69, 9.17) is 9.47 Å². The Kier molecular flexibility index (Phi) is 3.35. The maximum absolute atomic E-state index is 12.6. The van der Waals surface area contributed by atoms with E-state index in [1.165, 1.54) is 11.1 Å². The van der Waals surface area contributed by atoms with Gasteiger partial charge in [0.2, 0.25) is 0 Å². The molecule has 2 heterocycles. The Morgan fingerprint density at radius 2 is 2.09 bits per heavy atom. The monoisotopic (exact) mass is 302 g/mol. The van der Waals surface area contributed by atoms with Crippen LogP contribution in [0.4, 0.5) is 4.79 Å². The van der Waals surface area contributed by atoms with Gasteiger partial charge in [-0.3, -0.25) is 0 Å². The highest BCUT2D eigenvalue weighted by atomic mass is 16.7. The lowest BCUT2D eigenvalue weighted by Gasteiger charge is -2.25. The fourth-order valence-corrected chi connectivity index (χ4v) is 3.90. The number of ether oxygens (including phenoxy) is 2. The van der Waals surface area contributed by atoms with E-state index in [2.05, 4.69) is 30.4 Å². The Hall–Kier alpha value is -1.59. The highest BCUT2D eigenvalue weighted by Gasteiger charge is 2.45. The summed E-state index contributed by atoms with van der Waals surface area (Å²) in [5.41, 5.74) is 2.60. The summed E-state index contributed by atoms with van der Waals surface area (Å²) in [5.74, 6) is -0.117. The molecule has 3 aliphatic rings. The summed E-state index contributed by atoms with van der Waals surface area (Å²) < 4.78 is 11.4. The van der Waals surface area contributed by atoms with Crippen molar-refractivity contribution >= 4 is 6.03 Å². The normalized spacial score (nSPS) is 29.0. The lowest BCUT2D eigenvalue weighted by molar-refractivity contribution is -0.143. The molecule has 2 amide bonds. The van der Waals surface area contributed by atoms with E-state index in [1.54, 1.807) is 0 Å². The largest absolute Gasteiger partial charge is 0.346 e. The third-order valence-corrected chi connectivity index (χ3v) is 5.08. The van der Waals surface area contributed by atoms with Crippen molar-refractivity contribution in [2.75, 3.05) is 26.3 Å². The van der Waals surface area contributed by atoms with Gasteiger partial charge >= 0.3 is 6.03 Å². The summed E-state index contributed by atoms with van der Waals surface area (Å²) >= 11 is 0. The van der Waals surface area contributed by atoms with Crippen molar-refractivity contribution in [2.45, 2.75) is 31.6 Å². The molecule has 2 atom stereocenters. The lowest BCUT2D eigenvalue weighted by Crippen LogP contribution is -2.43. The number of urea groups is 1. The summed E-state index contributed by atoms with van der Waals surface area (Å²) in [7, 11) is 0. The Balaban J connectivity index is 1.44. The number of benzene rings is 1. The molecule has 0 aromatic heterocycles. The molecule has 0 bridgehead atoms. The number of fused-ring (bicyclic) bond motifs is 1. The van der Waals surface area contributed by atoms with Crippen molar-refractivity contribution in [3.63, 3.8) is 0 Å². The van der Waals surface area contributed by atoms with Gasteiger partial charge in [-0.1, -0.05) is 31.2 Å². The van der Waals surface area contributed by atoms with Crippen LogP contribution in [0.1, 0.15) is 30.5 Å². The highest BCUT2D eigenvalue weighted by molar-refractivity contribution is 5.75. The summed E-state index contributed by atoms with van der Waals surface area (Å²) in [5, 5.41) is 3.21. The van der Waals surface area contributed by atoms with E-state index >= 15 is 0 Å². The minimum Gasteiger partial charge on any atom is -0.346 e. The Bertz CT molecular complexity index is 583. The molecule has 4 rings (SSSR count). The number of likely N-dealkylation sites (tertiary alicyclic amines) is 1. The Labute approximate surface area is 130 Å². The summed E-state index contributed by atoms with van der Waals surface area (Å²) in [6.45, 7) is 4.67. The van der Waals surface area contributed by atoms with Crippen molar-refractivity contribution in [1.29, 1.82) is 0 Å². The first-order chi connectivity index (χ1) is 10.7. The van der Waals surface area contributed by atoms with Crippen LogP contribution in [0.5, 0.6) is 0 Å². The molecule has 1 spiro atoms. The molecule has 1 aromatic carbocycles. The number of carbonyl (C=O) groups excluding carboxylic acids is 1. The predicted octanol–water partition coefficient (Wildman–Crippen LogP) is 2.08. The van der Waals surface area contributed by atoms with Crippen LogP contribution >= 0.6 is 0 Å². The highest BCUT2D eigenvalue weighted by Crippen LogP contribution is 2.36. The van der Waals surface area contributed by atoms with E-state index in [1.807, 2.05) is 11.0 Å². The molecule has 0 saturated carbocycles. The fourth-order valence-electron chi connectivity index (χ4n) is 3.90. The number of nitrogens with one attached hydrogen (secondary N) is 1. The summed E-state index contributed by atoms with van der Waals surface area (Å²) in [4.78, 5) is 14.4. The zero-order valence-corrected chi connectivity index (χ0v) is 12.9. The number of nitrogens with zero attached hydrogens (tertiary/aromatic N) is 1. The van der Waals surface area contributed by atoms with Crippen LogP contribution in [0.25, 0.3) is 0 Å². The number of hydrogen-bond donors (Lipinski definition) is 1. The fraction of sp³-hybridized carbons (Fsp3) is 0.588. The zero-order valence-electron chi connectivity index (χ0n) is 12.9. The molecule has 5 heteroatoms. The van der Waals surface area contributed by atoms with E-state index < -0.39 is 5.79 Å². The summed E-state index contributed by atoms with van der Waals surface area (Å²) in [6, 6.07) is 8.48. The topological polar surface area (TPSA) is 50.8 Å². The second kappa shape index (κ2) is 5.25. The molecule has 5 nitrogen and oxygen atoms in total. The van der Waals surface area contributed by atoms with Crippen LogP contribution in [0.3, 0.4) is 0 Å². The number of amides is 2. The minimum atomic E-state index is -0.545. The van der Waals surface area contributed by atoms with E-state index in [0.717, 1.165) is 12.8 Å². The van der Waals surface area contributed by atoms with Gasteiger partial charge in [-0.25, -0.2) is 4.79 Å². The number of carbonyl (C=O) groups is 1. The molecular weight excluding hydrogens is 280 g/mol. The smallest absolute Gasteiger partial charge is 0.318 e. The van der Waals surface area contributed by atoms with Crippen molar-refractivity contribution in [3.05, 3.63) is 35.4 Å². The molecule has 2 fully saturated rings. The van der Waals surface area contributed by atoms with Gasteiger partial charge in [-0.2, -0.15) is 0 Å². The van der Waals surface area contributed by atoms with Crippen LogP contribution in [0.2, 0.25) is 0 Å². The maximum atomic E-state index is 12.6. The molecule has 0 radical (unpaired) electrons. The molecule has 118 valence electrons. The van der Waals surface area contributed by atoms with Crippen LogP contribution in [0, 0.1) is 5.92 Å². The first-order valence-electron chi connectivity index (χ1n) is 8.08. The molecule has 22 heavy (non-hydrogen) atoms. The first kappa shape index (κ1) is 14.0. The van der Waals surface area contributed by atoms with Gasteiger partial charge in [0.05, 0.1) is 25.8 Å². The van der Waals surface area contributed by atoms with Crippen molar-refractivity contribution in [2.24, 2.45) is 5.92 Å². The molecule has 2 aliphatic heterocycles. The van der Waals surface area contributed by atoms with Gasteiger partial charge in [-0.15, -0.1) is 0 Å². The maximum Gasteiger partial charge on any atom is 0.318 e. The zero-order chi connectivity index (χ0) is 15.2. The minimum absolute atomic E-state index is 0.00970. The molecule has 1 aliphatic carbocycles. The van der Waals surface area contributed by atoms with E-state index in [0.29, 0.717) is 32.2 Å². The number of rotatable bonds is 1. The quantitative estimate of drug-likeness (QED) is 0.864. The molecule has 1 aromatic rings. The SMILES string of the molecule is C[C@H]1Cc2ccccc2[C@@H]1NC(=O)N1CCC2(C1)OCCO2. The van der Waals surface area contributed by atoms with Crippen LogP contribution in [0.15, 0.2) is 24.3 Å². The number of hydrogen-bond acceptors (Lipinski definition) is 3. The first-order valence-corrected chi connectivity index (χ1v) is 8.08. The molecular formula is C17H22N2O3. The average Bonchev–Trinajstić information content (AvgIpc) is 3.22. The van der Waals surface area contributed by atoms with Gasteiger partial charge in [0.15, 0.2) is 5.79 Å². The average molecular weight is 302 g/mol. The molecule has 1 N–H and O–H groups in total. The van der Waals surface area contributed by atoms with Crippen molar-refractivity contribution < 1.29 is 14.3 Å². The Morgan fingerprint density at radius 3 is 2.91 bits per heavy atom. The van der Waals surface area contributed by atoms with E-state index in [9.17, 15) is 4.79 Å². The van der Waals surface area contributed by atoms with Gasteiger partial charge in [0.25, 0.3) is 0 Å². The third kappa shape index (κ3) is 2.29. The standard InChI is InChI=1S/C17H22N2O3/c1-12-10-13-4-2-3-5-14(13)15(12)18-16(20)19-7-6-17(11-19)21-8-9-22-17/h2-5,12,15H,6-11H2,1H3,(H,18,20)/t12-,15+/m0/s1. The van der Waals surface area contributed by atoms with Crippen LogP contribution in [-0.2, 0) is 15.9 Å². The van der Waals surface area contributed by atoms with Crippen LogP contribution in [-0.4, -0.2) is 43.0 Å². The second-order valence-corrected chi connectivity index (χ2v) is 6.59. The summed E-state index contributed by atoms with van der Waals surface area (Å²) in [6.07, 6.45) is 1.79. The molecule has 2 saturated heterocycles.